The lowest BCUT2D eigenvalue weighted by Crippen LogP contribution is -2.05. The van der Waals surface area contributed by atoms with Crippen LogP contribution in [0.1, 0.15) is 19.5 Å². The van der Waals surface area contributed by atoms with E-state index in [-0.39, 0.29) is 0 Å². The van der Waals surface area contributed by atoms with Crippen molar-refractivity contribution in [3.63, 3.8) is 0 Å². The average Bonchev–Trinajstić information content (AvgIpc) is 2.15. The Morgan fingerprint density at radius 1 is 1.60 bits per heavy atom. The number of aryl methyl sites for hydroxylation is 1. The van der Waals surface area contributed by atoms with E-state index < -0.39 is 0 Å². The Labute approximate surface area is 61.9 Å². The van der Waals surface area contributed by atoms with E-state index in [0.29, 0.717) is 0 Å². The molecule has 0 aliphatic rings. The zero-order valence-corrected chi connectivity index (χ0v) is 6.76. The van der Waals surface area contributed by atoms with E-state index in [0.717, 1.165) is 6.54 Å². The zero-order chi connectivity index (χ0) is 7.56. The van der Waals surface area contributed by atoms with Crippen LogP contribution < -0.4 is 0 Å². The van der Waals surface area contributed by atoms with Gasteiger partial charge in [0.15, 0.2) is 0 Å². The van der Waals surface area contributed by atoms with Crippen LogP contribution in [-0.4, -0.2) is 9.78 Å². The van der Waals surface area contributed by atoms with Gasteiger partial charge in [0.2, 0.25) is 0 Å². The van der Waals surface area contributed by atoms with Gasteiger partial charge >= 0.3 is 0 Å². The first-order chi connectivity index (χ1) is 4.70. The monoisotopic (exact) mass is 137 g/mol. The zero-order valence-electron chi connectivity index (χ0n) is 6.76. The fourth-order valence-electron chi connectivity index (χ4n) is 0.864. The molecule has 1 aromatic heterocycles. The summed E-state index contributed by atoms with van der Waals surface area (Å²) in [5.74, 6) is 1.38. The molecule has 1 heterocycles. The molecule has 0 saturated carbocycles. The lowest BCUT2D eigenvalue weighted by Gasteiger charge is -2.05. The molecule has 0 bridgehead atoms. The molecular formula is C8H13N2. The van der Waals surface area contributed by atoms with Crippen LogP contribution in [0.4, 0.5) is 0 Å². The molecule has 0 saturated heterocycles. The summed E-state index contributed by atoms with van der Waals surface area (Å²) in [5, 5.41) is 4.15. The van der Waals surface area contributed by atoms with Gasteiger partial charge in [-0.05, 0) is 18.9 Å². The Balaban J connectivity index is 2.65. The Bertz CT molecular complexity index is 201. The van der Waals surface area contributed by atoms with Gasteiger partial charge in [0, 0.05) is 18.4 Å². The van der Waals surface area contributed by atoms with Crippen molar-refractivity contribution in [1.82, 2.24) is 9.78 Å². The quantitative estimate of drug-likeness (QED) is 0.607. The van der Waals surface area contributed by atoms with Crippen molar-refractivity contribution in [2.24, 2.45) is 0 Å². The second kappa shape index (κ2) is 2.86. The highest BCUT2D eigenvalue weighted by atomic mass is 15.3. The van der Waals surface area contributed by atoms with Crippen LogP contribution in [0.2, 0.25) is 0 Å². The molecule has 0 N–H and O–H groups in total. The number of nitrogens with zero attached hydrogens (tertiary/aromatic N) is 2. The van der Waals surface area contributed by atoms with E-state index in [1.807, 2.05) is 16.9 Å². The van der Waals surface area contributed by atoms with E-state index in [2.05, 4.69) is 25.9 Å². The number of hydrogen-bond donors (Lipinski definition) is 0. The third-order valence-electron chi connectivity index (χ3n) is 1.39. The van der Waals surface area contributed by atoms with Crippen LogP contribution in [0, 0.1) is 12.8 Å². The molecule has 0 aliphatic carbocycles. The first-order valence-corrected chi connectivity index (χ1v) is 3.47. The van der Waals surface area contributed by atoms with Gasteiger partial charge in [-0.1, -0.05) is 13.8 Å². The Hall–Kier alpha value is -0.790. The molecule has 0 fully saturated rings. The summed E-state index contributed by atoms with van der Waals surface area (Å²) in [6, 6.07) is 2.02. The van der Waals surface area contributed by atoms with E-state index in [1.54, 1.807) is 0 Å². The molecule has 1 radical (unpaired) electrons. The van der Waals surface area contributed by atoms with Crippen molar-refractivity contribution in [3.8, 4) is 0 Å². The third kappa shape index (κ3) is 1.59. The van der Waals surface area contributed by atoms with Crippen LogP contribution >= 0.6 is 0 Å². The van der Waals surface area contributed by atoms with E-state index in [9.17, 15) is 0 Å². The molecule has 1 aromatic rings. The van der Waals surface area contributed by atoms with Gasteiger partial charge in [0.1, 0.15) is 0 Å². The molecule has 0 aromatic carbocycles. The van der Waals surface area contributed by atoms with Crippen molar-refractivity contribution in [1.29, 1.82) is 0 Å². The van der Waals surface area contributed by atoms with Crippen molar-refractivity contribution in [3.05, 3.63) is 23.9 Å². The summed E-state index contributed by atoms with van der Waals surface area (Å²) >= 11 is 0. The minimum absolute atomic E-state index is 0.943. The highest BCUT2D eigenvalue weighted by Crippen LogP contribution is 2.02. The number of aromatic nitrogens is 2. The van der Waals surface area contributed by atoms with Crippen molar-refractivity contribution in [2.45, 2.75) is 27.3 Å². The maximum Gasteiger partial charge on any atom is 0.0492 e. The molecule has 10 heavy (non-hydrogen) atoms. The Morgan fingerprint density at radius 2 is 2.30 bits per heavy atom. The molecular weight excluding hydrogens is 124 g/mol. The molecule has 2 heteroatoms. The molecule has 55 valence electrons. The van der Waals surface area contributed by atoms with Crippen LogP contribution in [0.5, 0.6) is 0 Å². The second-order valence-corrected chi connectivity index (χ2v) is 2.84. The Kier molecular flexibility index (Phi) is 2.10. The largest absolute Gasteiger partial charge is 0.269 e. The van der Waals surface area contributed by atoms with Crippen LogP contribution in [0.3, 0.4) is 0 Å². The predicted octanol–water partition coefficient (Wildman–Crippen LogP) is 1.81. The Morgan fingerprint density at radius 3 is 2.70 bits per heavy atom. The lowest BCUT2D eigenvalue weighted by molar-refractivity contribution is 0.612. The maximum absolute atomic E-state index is 4.15. The van der Waals surface area contributed by atoms with Gasteiger partial charge in [-0.15, -0.1) is 0 Å². The molecule has 0 unspecified atom stereocenters. The van der Waals surface area contributed by atoms with Crippen LogP contribution in [0.15, 0.2) is 12.3 Å². The summed E-state index contributed by atoms with van der Waals surface area (Å²) in [5.41, 5.74) is 1.22. The number of hydrogen-bond acceptors (Lipinski definition) is 1. The van der Waals surface area contributed by atoms with Crippen LogP contribution in [-0.2, 0) is 6.54 Å². The predicted molar refractivity (Wildman–Crippen MR) is 41.6 cm³/mol. The molecule has 0 aliphatic heterocycles. The van der Waals surface area contributed by atoms with E-state index >= 15 is 0 Å². The van der Waals surface area contributed by atoms with Crippen molar-refractivity contribution in [2.75, 3.05) is 0 Å². The summed E-state index contributed by atoms with van der Waals surface area (Å²) in [7, 11) is 0. The molecule has 0 amide bonds. The SMILES string of the molecule is C[C](C)Cn1nccc1C. The topological polar surface area (TPSA) is 17.8 Å². The van der Waals surface area contributed by atoms with Gasteiger partial charge in [-0.3, -0.25) is 4.68 Å². The fourth-order valence-corrected chi connectivity index (χ4v) is 0.864. The fraction of sp³-hybridized carbons (Fsp3) is 0.500. The maximum atomic E-state index is 4.15. The van der Waals surface area contributed by atoms with E-state index in [1.165, 1.54) is 11.6 Å². The smallest absolute Gasteiger partial charge is 0.0492 e. The van der Waals surface area contributed by atoms with E-state index in [4.69, 9.17) is 0 Å². The normalized spacial score (nSPS) is 10.8. The summed E-state index contributed by atoms with van der Waals surface area (Å²) in [6.45, 7) is 7.23. The van der Waals surface area contributed by atoms with Crippen molar-refractivity contribution < 1.29 is 0 Å². The highest BCUT2D eigenvalue weighted by molar-refractivity contribution is 4.98. The summed E-state index contributed by atoms with van der Waals surface area (Å²) in [4.78, 5) is 0. The summed E-state index contributed by atoms with van der Waals surface area (Å²) in [6.07, 6.45) is 1.83. The highest BCUT2D eigenvalue weighted by Gasteiger charge is 1.98. The molecule has 1 rings (SSSR count). The average molecular weight is 137 g/mol. The molecule has 0 atom stereocenters. The van der Waals surface area contributed by atoms with Gasteiger partial charge < -0.3 is 0 Å². The third-order valence-corrected chi connectivity index (χ3v) is 1.39. The molecule has 0 spiro atoms. The molecule has 2 nitrogen and oxygen atoms in total. The van der Waals surface area contributed by atoms with Crippen molar-refractivity contribution >= 4 is 0 Å². The second-order valence-electron chi connectivity index (χ2n) is 2.84. The van der Waals surface area contributed by atoms with Gasteiger partial charge in [-0.25, -0.2) is 0 Å². The standard InChI is InChI=1S/C8H13N2/c1-7(2)6-10-8(3)4-5-9-10/h4-5H,6H2,1-3H3. The van der Waals surface area contributed by atoms with Crippen LogP contribution in [0.25, 0.3) is 0 Å². The minimum Gasteiger partial charge on any atom is -0.269 e. The summed E-state index contributed by atoms with van der Waals surface area (Å²) < 4.78 is 2.00. The van der Waals surface area contributed by atoms with Gasteiger partial charge in [0.05, 0.1) is 0 Å². The first kappa shape index (κ1) is 7.32. The number of rotatable bonds is 2. The first-order valence-electron chi connectivity index (χ1n) is 3.47. The van der Waals surface area contributed by atoms with Gasteiger partial charge in [-0.2, -0.15) is 5.10 Å². The van der Waals surface area contributed by atoms with Gasteiger partial charge in [0.25, 0.3) is 0 Å². The lowest BCUT2D eigenvalue weighted by atomic mass is 10.2. The minimum atomic E-state index is 0.943.